The molecule has 0 heterocycles. The second-order valence-electron chi connectivity index (χ2n) is 4.17. The van der Waals surface area contributed by atoms with Crippen LogP contribution in [0.1, 0.15) is 10.4 Å². The van der Waals surface area contributed by atoms with Crippen molar-refractivity contribution < 1.29 is 9.53 Å². The number of esters is 1. The normalized spacial score (nSPS) is 10.3. The maximum absolute atomic E-state index is 11.8. The number of methoxy groups -OCH3 is 1. The van der Waals surface area contributed by atoms with Gasteiger partial charge in [-0.25, -0.2) is 4.79 Å². The molecule has 0 fully saturated rings. The summed E-state index contributed by atoms with van der Waals surface area (Å²) in [6, 6.07) is 7.91. The van der Waals surface area contributed by atoms with Crippen LogP contribution in [-0.2, 0) is 4.74 Å². The molecule has 0 aliphatic carbocycles. The molecule has 21 heavy (non-hydrogen) atoms. The van der Waals surface area contributed by atoms with E-state index >= 15 is 0 Å². The van der Waals surface area contributed by atoms with Gasteiger partial charge in [-0.1, -0.05) is 34.8 Å². The molecule has 0 spiro atoms. The Hall–Kier alpha value is -1.62. The van der Waals surface area contributed by atoms with Crippen molar-refractivity contribution in [3.8, 4) is 0 Å². The molecule has 0 amide bonds. The largest absolute Gasteiger partial charge is 0.465 e. The smallest absolute Gasteiger partial charge is 0.340 e. The topological polar surface area (TPSA) is 64.3 Å². The van der Waals surface area contributed by atoms with E-state index in [2.05, 4.69) is 5.32 Å². The molecule has 0 radical (unpaired) electrons. The highest BCUT2D eigenvalue weighted by atomic mass is 35.5. The molecule has 110 valence electrons. The van der Waals surface area contributed by atoms with Crippen LogP contribution in [0.15, 0.2) is 30.3 Å². The molecule has 2 aromatic rings. The Bertz CT molecular complexity index is 705. The first kappa shape index (κ1) is 15.8. The third-order valence-corrected chi connectivity index (χ3v) is 3.76. The van der Waals surface area contributed by atoms with E-state index in [0.29, 0.717) is 37.7 Å². The van der Waals surface area contributed by atoms with Gasteiger partial charge in [0.25, 0.3) is 0 Å². The monoisotopic (exact) mass is 344 g/mol. The molecule has 7 heteroatoms. The van der Waals surface area contributed by atoms with Crippen molar-refractivity contribution in [2.45, 2.75) is 0 Å². The minimum Gasteiger partial charge on any atom is -0.465 e. The molecule has 4 nitrogen and oxygen atoms in total. The summed E-state index contributed by atoms with van der Waals surface area (Å²) >= 11 is 17.9. The van der Waals surface area contributed by atoms with Crippen LogP contribution < -0.4 is 11.1 Å². The zero-order valence-corrected chi connectivity index (χ0v) is 13.2. The number of carbonyl (C=O) groups excluding carboxylic acids is 1. The summed E-state index contributed by atoms with van der Waals surface area (Å²) < 4.78 is 4.73. The summed E-state index contributed by atoms with van der Waals surface area (Å²) in [4.78, 5) is 11.8. The zero-order chi connectivity index (χ0) is 15.6. The van der Waals surface area contributed by atoms with Gasteiger partial charge in [-0.05, 0) is 30.3 Å². The van der Waals surface area contributed by atoms with Crippen molar-refractivity contribution in [3.05, 3.63) is 51.0 Å². The fourth-order valence-electron chi connectivity index (χ4n) is 1.71. The number of anilines is 3. The van der Waals surface area contributed by atoms with Gasteiger partial charge in [0.1, 0.15) is 0 Å². The van der Waals surface area contributed by atoms with Crippen LogP contribution in [0.25, 0.3) is 0 Å². The average molecular weight is 346 g/mol. The lowest BCUT2D eigenvalue weighted by Gasteiger charge is -2.13. The van der Waals surface area contributed by atoms with Crippen molar-refractivity contribution in [3.63, 3.8) is 0 Å². The zero-order valence-electron chi connectivity index (χ0n) is 10.9. The van der Waals surface area contributed by atoms with Gasteiger partial charge in [0, 0.05) is 5.69 Å². The molecule has 0 saturated carbocycles. The summed E-state index contributed by atoms with van der Waals surface area (Å²) in [5, 5.41) is 4.08. The number of halogens is 3. The molecule has 3 N–H and O–H groups in total. The molecule has 0 aliphatic rings. The highest BCUT2D eigenvalue weighted by molar-refractivity contribution is 6.44. The fourth-order valence-corrected chi connectivity index (χ4v) is 2.31. The number of nitrogens with two attached hydrogens (primary N) is 1. The maximum Gasteiger partial charge on any atom is 0.340 e. The van der Waals surface area contributed by atoms with Crippen LogP contribution in [0.4, 0.5) is 17.1 Å². The van der Waals surface area contributed by atoms with Crippen LogP contribution >= 0.6 is 34.8 Å². The predicted molar refractivity (Wildman–Crippen MR) is 86.9 cm³/mol. The molecular weight excluding hydrogens is 335 g/mol. The van der Waals surface area contributed by atoms with Gasteiger partial charge < -0.3 is 15.8 Å². The van der Waals surface area contributed by atoms with E-state index in [0.717, 1.165) is 0 Å². The van der Waals surface area contributed by atoms with Crippen molar-refractivity contribution >= 4 is 57.8 Å². The third-order valence-electron chi connectivity index (χ3n) is 2.73. The van der Waals surface area contributed by atoms with Crippen LogP contribution in [0.2, 0.25) is 15.1 Å². The van der Waals surface area contributed by atoms with E-state index in [1.807, 2.05) is 0 Å². The van der Waals surface area contributed by atoms with E-state index in [-0.39, 0.29) is 0 Å². The van der Waals surface area contributed by atoms with Gasteiger partial charge in [0.2, 0.25) is 0 Å². The summed E-state index contributed by atoms with van der Waals surface area (Å²) in [6.07, 6.45) is 0. The lowest BCUT2D eigenvalue weighted by Crippen LogP contribution is -2.06. The minimum atomic E-state index is -0.513. The van der Waals surface area contributed by atoms with Gasteiger partial charge >= 0.3 is 5.97 Å². The molecule has 0 saturated heterocycles. The van der Waals surface area contributed by atoms with E-state index in [1.165, 1.54) is 19.2 Å². The number of hydrogen-bond acceptors (Lipinski definition) is 4. The summed E-state index contributed by atoms with van der Waals surface area (Å²) in [7, 11) is 1.29. The Morgan fingerprint density at radius 1 is 1.05 bits per heavy atom. The third kappa shape index (κ3) is 3.53. The summed E-state index contributed by atoms with van der Waals surface area (Å²) in [6.45, 7) is 0. The van der Waals surface area contributed by atoms with E-state index in [1.54, 1.807) is 18.2 Å². The number of benzene rings is 2. The van der Waals surface area contributed by atoms with Gasteiger partial charge in [-0.3, -0.25) is 0 Å². The second kappa shape index (κ2) is 6.43. The molecule has 0 aromatic heterocycles. The average Bonchev–Trinajstić information content (AvgIpc) is 2.45. The highest BCUT2D eigenvalue weighted by Crippen LogP contribution is 2.35. The fraction of sp³-hybridized carbons (Fsp3) is 0.0714. The van der Waals surface area contributed by atoms with Crippen molar-refractivity contribution in [2.24, 2.45) is 0 Å². The first-order valence-electron chi connectivity index (χ1n) is 5.81. The standard InChI is InChI=1S/C14H11Cl3N2O2/c1-21-14(20)8-4-7(18)2-3-12(8)19-13-6-10(16)9(15)5-11(13)17/h2-6,19H,18H2,1H3. The van der Waals surface area contributed by atoms with Gasteiger partial charge in [0.05, 0.1) is 39.1 Å². The van der Waals surface area contributed by atoms with E-state index in [9.17, 15) is 4.79 Å². The van der Waals surface area contributed by atoms with Crippen LogP contribution in [0.5, 0.6) is 0 Å². The molecule has 0 atom stereocenters. The number of hydrogen-bond donors (Lipinski definition) is 2. The lowest BCUT2D eigenvalue weighted by molar-refractivity contribution is 0.0602. The Balaban J connectivity index is 2.44. The molecule has 2 rings (SSSR count). The van der Waals surface area contributed by atoms with Gasteiger partial charge in [-0.2, -0.15) is 0 Å². The predicted octanol–water partition coefficient (Wildman–Crippen LogP) is 4.76. The quantitative estimate of drug-likeness (QED) is 0.478. The van der Waals surface area contributed by atoms with Crippen LogP contribution in [-0.4, -0.2) is 13.1 Å². The first-order chi connectivity index (χ1) is 9.92. The number of rotatable bonds is 3. The van der Waals surface area contributed by atoms with Crippen molar-refractivity contribution in [2.75, 3.05) is 18.2 Å². The lowest BCUT2D eigenvalue weighted by atomic mass is 10.1. The van der Waals surface area contributed by atoms with Crippen LogP contribution in [0, 0.1) is 0 Å². The number of ether oxygens (including phenoxy) is 1. The molecule has 2 aromatic carbocycles. The highest BCUT2D eigenvalue weighted by Gasteiger charge is 2.14. The van der Waals surface area contributed by atoms with Crippen LogP contribution in [0.3, 0.4) is 0 Å². The van der Waals surface area contributed by atoms with Crippen molar-refractivity contribution in [1.29, 1.82) is 0 Å². The number of nitrogens with one attached hydrogen (secondary N) is 1. The summed E-state index contributed by atoms with van der Waals surface area (Å²) in [5.41, 5.74) is 7.44. The van der Waals surface area contributed by atoms with Gasteiger partial charge in [0.15, 0.2) is 0 Å². The Labute approximate surface area is 136 Å². The van der Waals surface area contributed by atoms with E-state index < -0.39 is 5.97 Å². The summed E-state index contributed by atoms with van der Waals surface area (Å²) in [5.74, 6) is -0.513. The first-order valence-corrected chi connectivity index (χ1v) is 6.95. The number of nitrogen functional groups attached to an aromatic ring is 1. The van der Waals surface area contributed by atoms with E-state index in [4.69, 9.17) is 45.3 Å². The molecule has 0 bridgehead atoms. The Kier molecular flexibility index (Phi) is 4.83. The minimum absolute atomic E-state index is 0.291. The molecular formula is C14H11Cl3N2O2. The van der Waals surface area contributed by atoms with Crippen molar-refractivity contribution in [1.82, 2.24) is 0 Å². The SMILES string of the molecule is COC(=O)c1cc(N)ccc1Nc1cc(Cl)c(Cl)cc1Cl. The molecule has 0 aliphatic heterocycles. The van der Waals surface area contributed by atoms with Gasteiger partial charge in [-0.15, -0.1) is 0 Å². The second-order valence-corrected chi connectivity index (χ2v) is 5.39. The Morgan fingerprint density at radius 2 is 1.71 bits per heavy atom. The molecule has 0 unspecified atom stereocenters. The Morgan fingerprint density at radius 3 is 2.38 bits per heavy atom. The maximum atomic E-state index is 11.8. The number of carbonyl (C=O) groups is 1.